The highest BCUT2D eigenvalue weighted by Crippen LogP contribution is 2.22. The fourth-order valence-corrected chi connectivity index (χ4v) is 3.27. The fraction of sp³-hybridized carbons (Fsp3) is 0.538. The van der Waals surface area contributed by atoms with E-state index in [1.807, 2.05) is 18.2 Å². The lowest BCUT2D eigenvalue weighted by Gasteiger charge is -2.29. The van der Waals surface area contributed by atoms with E-state index in [1.165, 1.54) is 6.26 Å². The maximum atomic E-state index is 11.1. The van der Waals surface area contributed by atoms with Crippen LogP contribution >= 0.6 is 0 Å². The highest BCUT2D eigenvalue weighted by atomic mass is 32.2. The van der Waals surface area contributed by atoms with E-state index in [1.54, 1.807) is 0 Å². The Kier molecular flexibility index (Phi) is 4.24. The molecule has 0 heterocycles. The zero-order valence-electron chi connectivity index (χ0n) is 10.6. The van der Waals surface area contributed by atoms with Crippen LogP contribution in [-0.4, -0.2) is 26.8 Å². The Morgan fingerprint density at radius 1 is 1.00 bits per heavy atom. The van der Waals surface area contributed by atoms with Crippen molar-refractivity contribution in [2.45, 2.75) is 37.8 Å². The van der Waals surface area contributed by atoms with Crippen LogP contribution in [0.25, 0.3) is 0 Å². The lowest BCUT2D eigenvalue weighted by Crippen LogP contribution is -2.39. The number of benzene rings is 1. The van der Waals surface area contributed by atoms with Crippen LogP contribution in [-0.2, 0) is 10.0 Å². The molecule has 1 fully saturated rings. The van der Waals surface area contributed by atoms with E-state index in [2.05, 4.69) is 22.2 Å². The van der Waals surface area contributed by atoms with Crippen molar-refractivity contribution in [2.75, 3.05) is 11.6 Å². The number of sulfonamides is 1. The summed E-state index contributed by atoms with van der Waals surface area (Å²) in [6.07, 6.45) is 5.03. The second kappa shape index (κ2) is 5.71. The maximum Gasteiger partial charge on any atom is 0.208 e. The first-order chi connectivity index (χ1) is 8.53. The number of nitrogens with one attached hydrogen (secondary N) is 2. The van der Waals surface area contributed by atoms with Gasteiger partial charge in [-0.3, -0.25) is 0 Å². The van der Waals surface area contributed by atoms with E-state index in [0.29, 0.717) is 6.04 Å². The van der Waals surface area contributed by atoms with Gasteiger partial charge in [0.1, 0.15) is 0 Å². The Hall–Kier alpha value is -1.07. The van der Waals surface area contributed by atoms with Crippen LogP contribution in [0.15, 0.2) is 30.3 Å². The number of anilines is 1. The summed E-state index contributed by atoms with van der Waals surface area (Å²) in [5, 5.41) is 3.49. The second-order valence-electron chi connectivity index (χ2n) is 4.95. The average Bonchev–Trinajstić information content (AvgIpc) is 2.31. The van der Waals surface area contributed by atoms with E-state index in [4.69, 9.17) is 0 Å². The number of para-hydroxylation sites is 1. The van der Waals surface area contributed by atoms with Crippen LogP contribution in [0.2, 0.25) is 0 Å². The van der Waals surface area contributed by atoms with Gasteiger partial charge in [-0.05, 0) is 37.8 Å². The zero-order valence-corrected chi connectivity index (χ0v) is 11.4. The Labute approximate surface area is 109 Å². The van der Waals surface area contributed by atoms with Crippen molar-refractivity contribution in [2.24, 2.45) is 0 Å². The summed E-state index contributed by atoms with van der Waals surface area (Å²) in [6, 6.07) is 10.7. The van der Waals surface area contributed by atoms with Gasteiger partial charge in [-0.25, -0.2) is 13.1 Å². The monoisotopic (exact) mass is 268 g/mol. The van der Waals surface area contributed by atoms with Crippen molar-refractivity contribution >= 4 is 15.7 Å². The third kappa shape index (κ3) is 4.31. The molecule has 0 aromatic heterocycles. The summed E-state index contributed by atoms with van der Waals surface area (Å²) in [6.45, 7) is 0. The highest BCUT2D eigenvalue weighted by molar-refractivity contribution is 7.88. The molecular weight excluding hydrogens is 248 g/mol. The quantitative estimate of drug-likeness (QED) is 0.877. The van der Waals surface area contributed by atoms with Crippen LogP contribution in [0.1, 0.15) is 25.7 Å². The van der Waals surface area contributed by atoms with Gasteiger partial charge in [0.05, 0.1) is 6.26 Å². The molecule has 2 N–H and O–H groups in total. The SMILES string of the molecule is CS(=O)(=O)NC1CCC(Nc2ccccc2)CC1. The van der Waals surface area contributed by atoms with Crippen molar-refractivity contribution < 1.29 is 8.42 Å². The lowest BCUT2D eigenvalue weighted by atomic mass is 9.91. The third-order valence-corrected chi connectivity index (χ3v) is 4.01. The van der Waals surface area contributed by atoms with E-state index in [0.717, 1.165) is 31.4 Å². The predicted molar refractivity (Wildman–Crippen MR) is 74.1 cm³/mol. The van der Waals surface area contributed by atoms with Gasteiger partial charge >= 0.3 is 0 Å². The molecule has 0 bridgehead atoms. The molecule has 1 aromatic carbocycles. The molecule has 5 heteroatoms. The van der Waals surface area contributed by atoms with Gasteiger partial charge < -0.3 is 5.32 Å². The molecule has 0 spiro atoms. The number of rotatable bonds is 4. The van der Waals surface area contributed by atoms with Crippen LogP contribution in [0, 0.1) is 0 Å². The Morgan fingerprint density at radius 2 is 1.56 bits per heavy atom. The van der Waals surface area contributed by atoms with Crippen molar-refractivity contribution in [3.63, 3.8) is 0 Å². The summed E-state index contributed by atoms with van der Waals surface area (Å²) in [5.74, 6) is 0. The minimum absolute atomic E-state index is 0.105. The average molecular weight is 268 g/mol. The van der Waals surface area contributed by atoms with E-state index >= 15 is 0 Å². The van der Waals surface area contributed by atoms with Crippen LogP contribution in [0.5, 0.6) is 0 Å². The third-order valence-electron chi connectivity index (χ3n) is 3.25. The molecule has 1 aromatic rings. The highest BCUT2D eigenvalue weighted by Gasteiger charge is 2.22. The largest absolute Gasteiger partial charge is 0.382 e. The van der Waals surface area contributed by atoms with Gasteiger partial charge in [0.25, 0.3) is 0 Å². The normalized spacial score (nSPS) is 24.7. The summed E-state index contributed by atoms with van der Waals surface area (Å²) >= 11 is 0. The number of hydrogen-bond acceptors (Lipinski definition) is 3. The molecule has 0 amide bonds. The Bertz CT molecular complexity index is 465. The Morgan fingerprint density at radius 3 is 2.11 bits per heavy atom. The Balaban J connectivity index is 1.80. The lowest BCUT2D eigenvalue weighted by molar-refractivity contribution is 0.388. The zero-order chi connectivity index (χ0) is 13.0. The summed E-state index contributed by atoms with van der Waals surface area (Å²) in [5.41, 5.74) is 1.14. The van der Waals surface area contributed by atoms with Crippen LogP contribution in [0.4, 0.5) is 5.69 Å². The van der Waals surface area contributed by atoms with Crippen LogP contribution < -0.4 is 10.0 Å². The predicted octanol–water partition coefficient (Wildman–Crippen LogP) is 1.96. The molecule has 1 aliphatic rings. The number of hydrogen-bond donors (Lipinski definition) is 2. The van der Waals surface area contributed by atoms with Gasteiger partial charge in [0.15, 0.2) is 0 Å². The molecule has 0 atom stereocenters. The van der Waals surface area contributed by atoms with Crippen molar-refractivity contribution in [3.8, 4) is 0 Å². The molecule has 100 valence electrons. The summed E-state index contributed by atoms with van der Waals surface area (Å²) in [4.78, 5) is 0. The molecule has 2 rings (SSSR count). The molecule has 18 heavy (non-hydrogen) atoms. The van der Waals surface area contributed by atoms with Crippen molar-refractivity contribution in [1.82, 2.24) is 4.72 Å². The first-order valence-electron chi connectivity index (χ1n) is 6.32. The standard InChI is InChI=1S/C13H20N2O2S/c1-18(16,17)15-13-9-7-12(8-10-13)14-11-5-3-2-4-6-11/h2-6,12-15H,7-10H2,1H3. The van der Waals surface area contributed by atoms with E-state index in [9.17, 15) is 8.42 Å². The molecule has 0 unspecified atom stereocenters. The van der Waals surface area contributed by atoms with Gasteiger partial charge in [-0.1, -0.05) is 18.2 Å². The van der Waals surface area contributed by atoms with E-state index in [-0.39, 0.29) is 6.04 Å². The summed E-state index contributed by atoms with van der Waals surface area (Å²) < 4.78 is 25.0. The molecule has 0 saturated heterocycles. The molecule has 0 radical (unpaired) electrons. The smallest absolute Gasteiger partial charge is 0.208 e. The maximum absolute atomic E-state index is 11.1. The molecule has 1 saturated carbocycles. The second-order valence-corrected chi connectivity index (χ2v) is 6.73. The molecular formula is C13H20N2O2S. The molecule has 1 aliphatic carbocycles. The van der Waals surface area contributed by atoms with Gasteiger partial charge in [0, 0.05) is 17.8 Å². The fourth-order valence-electron chi connectivity index (χ4n) is 2.43. The van der Waals surface area contributed by atoms with Crippen LogP contribution in [0.3, 0.4) is 0 Å². The van der Waals surface area contributed by atoms with Crippen molar-refractivity contribution in [3.05, 3.63) is 30.3 Å². The summed E-state index contributed by atoms with van der Waals surface area (Å²) in [7, 11) is -3.07. The molecule has 0 aliphatic heterocycles. The minimum atomic E-state index is -3.07. The van der Waals surface area contributed by atoms with Gasteiger partial charge in [-0.2, -0.15) is 0 Å². The minimum Gasteiger partial charge on any atom is -0.382 e. The van der Waals surface area contributed by atoms with Gasteiger partial charge in [0.2, 0.25) is 10.0 Å². The van der Waals surface area contributed by atoms with E-state index < -0.39 is 10.0 Å². The first kappa shape index (κ1) is 13.4. The first-order valence-corrected chi connectivity index (χ1v) is 8.21. The topological polar surface area (TPSA) is 58.2 Å². The van der Waals surface area contributed by atoms with Gasteiger partial charge in [-0.15, -0.1) is 0 Å². The molecule has 4 nitrogen and oxygen atoms in total. The van der Waals surface area contributed by atoms with Crippen molar-refractivity contribution in [1.29, 1.82) is 0 Å².